The second kappa shape index (κ2) is 9.39. The molecule has 0 fully saturated rings. The average Bonchev–Trinajstić information content (AvgIpc) is 3.27. The van der Waals surface area contributed by atoms with Crippen LogP contribution in [-0.4, -0.2) is 0 Å². The fraction of sp³-hybridized carbons (Fsp3) is 0.600. The van der Waals surface area contributed by atoms with Crippen LogP contribution in [-0.2, 0) is 20.0 Å². The molecule has 0 aliphatic heterocycles. The Morgan fingerprint density at radius 3 is 0.512 bits per heavy atom. The Hall–Kier alpha value is -1.21. The molecule has 41 heavy (non-hydrogen) atoms. The summed E-state index contributed by atoms with van der Waals surface area (Å²) in [4.78, 5) is 0. The standard InChI is InChI=1S/4C10H15.Hf/c4*1-7-6-10(4,5)9(3)8(7)2;/h4*1-5H3;. The summed E-state index contributed by atoms with van der Waals surface area (Å²) < 4.78 is 7.39. The van der Waals surface area contributed by atoms with Crippen LogP contribution in [0.3, 0.4) is 0 Å². The van der Waals surface area contributed by atoms with Crippen molar-refractivity contribution in [1.29, 1.82) is 0 Å². The van der Waals surface area contributed by atoms with E-state index in [1.165, 1.54) is 22.3 Å². The quantitative estimate of drug-likeness (QED) is 0.254. The zero-order chi connectivity index (χ0) is 31.7. The zero-order valence-electron chi connectivity index (χ0n) is 30.5. The van der Waals surface area contributed by atoms with Crippen LogP contribution in [0.4, 0.5) is 0 Å². The van der Waals surface area contributed by atoms with Gasteiger partial charge in [-0.2, -0.15) is 0 Å². The molecule has 0 bridgehead atoms. The van der Waals surface area contributed by atoms with Gasteiger partial charge in [0.05, 0.1) is 0 Å². The molecule has 0 unspecified atom stereocenters. The van der Waals surface area contributed by atoms with Crippen LogP contribution in [0.25, 0.3) is 0 Å². The predicted octanol–water partition coefficient (Wildman–Crippen LogP) is 12.7. The molecule has 0 atom stereocenters. The molecule has 0 nitrogen and oxygen atoms in total. The van der Waals surface area contributed by atoms with Gasteiger partial charge in [0.1, 0.15) is 0 Å². The number of hydrogen-bond acceptors (Lipinski definition) is 0. The van der Waals surface area contributed by atoms with Gasteiger partial charge in [0.15, 0.2) is 0 Å². The zero-order valence-corrected chi connectivity index (χ0v) is 34.1. The fourth-order valence-corrected chi connectivity index (χ4v) is 42.5. The summed E-state index contributed by atoms with van der Waals surface area (Å²) in [6.45, 7) is 50.0. The van der Waals surface area contributed by atoms with Crippen molar-refractivity contribution in [2.24, 2.45) is 21.7 Å². The first-order valence-electron chi connectivity index (χ1n) is 16.0. The van der Waals surface area contributed by atoms with Crippen molar-refractivity contribution in [3.05, 3.63) is 80.2 Å². The fourth-order valence-electron chi connectivity index (χ4n) is 10.1. The van der Waals surface area contributed by atoms with Crippen molar-refractivity contribution in [3.63, 3.8) is 0 Å². The molecular weight excluding hydrogens is 659 g/mol. The van der Waals surface area contributed by atoms with E-state index in [0.29, 0.717) is 0 Å². The van der Waals surface area contributed by atoms with E-state index >= 15 is 0 Å². The SMILES string of the molecule is CC1=C(C)C(C)(C)[C]([Hf]([C]2=C(C)C(C)=C(C)C2(C)C)([C]2=C(C)C(C)=C(C)C2(C)C)[C]2=C(C)C(C)=C(C)C2(C)C)=C1C. The van der Waals surface area contributed by atoms with Crippen molar-refractivity contribution in [3.8, 4) is 0 Å². The van der Waals surface area contributed by atoms with E-state index in [1.807, 2.05) is 13.3 Å². The minimum absolute atomic E-state index is 0.0188. The molecule has 0 saturated carbocycles. The first-order valence-corrected chi connectivity index (χ1v) is 23.2. The van der Waals surface area contributed by atoms with E-state index in [4.69, 9.17) is 0 Å². The van der Waals surface area contributed by atoms with Crippen molar-refractivity contribution >= 4 is 0 Å². The Kier molecular flexibility index (Phi) is 7.49. The molecule has 0 aromatic rings. The molecule has 4 aliphatic rings. The van der Waals surface area contributed by atoms with E-state index in [9.17, 15) is 0 Å². The van der Waals surface area contributed by atoms with Crippen LogP contribution >= 0.6 is 0 Å². The summed E-state index contributed by atoms with van der Waals surface area (Å²) in [7, 11) is 0. The average molecular weight is 719 g/mol. The number of allylic oxidation sites excluding steroid dienone is 16. The second-order valence-corrected chi connectivity index (χ2v) is 28.8. The monoisotopic (exact) mass is 720 g/mol. The molecule has 0 saturated heterocycles. The summed E-state index contributed by atoms with van der Waals surface area (Å²) in [5.74, 6) is 0. The van der Waals surface area contributed by atoms with E-state index in [0.717, 1.165) is 0 Å². The van der Waals surface area contributed by atoms with E-state index in [2.05, 4.69) is 138 Å². The molecule has 4 rings (SSSR count). The van der Waals surface area contributed by atoms with Crippen LogP contribution in [0, 0.1) is 21.7 Å². The molecule has 224 valence electrons. The summed E-state index contributed by atoms with van der Waals surface area (Å²) in [6.07, 6.45) is 0. The topological polar surface area (TPSA) is 0 Å². The van der Waals surface area contributed by atoms with Gasteiger partial charge in [-0.25, -0.2) is 0 Å². The predicted molar refractivity (Wildman–Crippen MR) is 179 cm³/mol. The summed E-state index contributed by atoms with van der Waals surface area (Å²) in [5, 5.41) is 0. The van der Waals surface area contributed by atoms with Gasteiger partial charge in [0, 0.05) is 0 Å². The Morgan fingerprint density at radius 1 is 0.268 bits per heavy atom. The van der Waals surface area contributed by atoms with Gasteiger partial charge in [0.2, 0.25) is 0 Å². The van der Waals surface area contributed by atoms with Gasteiger partial charge in [-0.15, -0.1) is 0 Å². The summed E-state index contributed by atoms with van der Waals surface area (Å²) >= 11 is -4.33. The van der Waals surface area contributed by atoms with Crippen molar-refractivity contribution in [2.45, 2.75) is 138 Å². The Balaban J connectivity index is 2.46. The molecule has 0 aromatic heterocycles. The van der Waals surface area contributed by atoms with Gasteiger partial charge in [0.25, 0.3) is 0 Å². The summed E-state index contributed by atoms with van der Waals surface area (Å²) in [6, 6.07) is 0. The van der Waals surface area contributed by atoms with Crippen LogP contribution in [0.2, 0.25) is 0 Å². The molecule has 0 spiro atoms. The summed E-state index contributed by atoms with van der Waals surface area (Å²) in [5.41, 5.74) is 18.9. The first-order chi connectivity index (χ1) is 18.4. The Labute approximate surface area is 258 Å². The normalized spacial score (nSPS) is 26.0. The third-order valence-electron chi connectivity index (χ3n) is 13.8. The number of rotatable bonds is 4. The maximum atomic E-state index is 2.58. The Bertz CT molecular complexity index is 1310. The molecule has 4 aliphatic carbocycles. The third-order valence-corrected chi connectivity index (χ3v) is 38.9. The van der Waals surface area contributed by atoms with E-state index in [-0.39, 0.29) is 21.7 Å². The molecule has 0 N–H and O–H groups in total. The molecular formula is C40H60Hf. The van der Waals surface area contributed by atoms with E-state index < -0.39 is 20.0 Å². The molecule has 1 heteroatoms. The van der Waals surface area contributed by atoms with Crippen LogP contribution < -0.4 is 0 Å². The molecule has 0 aromatic carbocycles. The van der Waals surface area contributed by atoms with Gasteiger partial charge in [-0.1, -0.05) is 0 Å². The number of hydrogen-bond donors (Lipinski definition) is 0. The van der Waals surface area contributed by atoms with Crippen molar-refractivity contribution in [2.75, 3.05) is 0 Å². The first kappa shape index (κ1) is 32.7. The molecule has 0 heterocycles. The Morgan fingerprint density at radius 2 is 0.415 bits per heavy atom. The van der Waals surface area contributed by atoms with Crippen molar-refractivity contribution < 1.29 is 20.0 Å². The van der Waals surface area contributed by atoms with Gasteiger partial charge in [-0.3, -0.25) is 0 Å². The van der Waals surface area contributed by atoms with Gasteiger partial charge in [-0.05, 0) is 0 Å². The van der Waals surface area contributed by atoms with Gasteiger partial charge < -0.3 is 0 Å². The maximum absolute atomic E-state index is 4.33. The molecule has 0 radical (unpaired) electrons. The minimum atomic E-state index is -4.33. The second-order valence-electron chi connectivity index (χ2n) is 16.2. The van der Waals surface area contributed by atoms with Crippen LogP contribution in [0.5, 0.6) is 0 Å². The van der Waals surface area contributed by atoms with Crippen LogP contribution in [0.1, 0.15) is 138 Å². The van der Waals surface area contributed by atoms with Crippen molar-refractivity contribution in [1.82, 2.24) is 0 Å². The third kappa shape index (κ3) is 3.72. The van der Waals surface area contributed by atoms with Gasteiger partial charge >= 0.3 is 260 Å². The van der Waals surface area contributed by atoms with Crippen LogP contribution in [0.15, 0.2) is 80.2 Å². The van der Waals surface area contributed by atoms with E-state index in [1.54, 1.807) is 44.6 Å². The molecule has 0 amide bonds.